The van der Waals surface area contributed by atoms with Gasteiger partial charge in [-0.25, -0.2) is 4.39 Å². The van der Waals surface area contributed by atoms with Crippen molar-refractivity contribution in [3.8, 4) is 5.69 Å². The van der Waals surface area contributed by atoms with Gasteiger partial charge in [-0.1, -0.05) is 12.1 Å². The van der Waals surface area contributed by atoms with Gasteiger partial charge in [-0.3, -0.25) is 9.59 Å². The summed E-state index contributed by atoms with van der Waals surface area (Å²) in [6, 6.07) is 14.3. The number of carbonyl (C=O) groups excluding carboxylic acids is 1. The molecule has 5 rings (SSSR count). The summed E-state index contributed by atoms with van der Waals surface area (Å²) in [6.07, 6.45) is 5.75. The minimum atomic E-state index is -0.337. The lowest BCUT2D eigenvalue weighted by Gasteiger charge is -2.36. The van der Waals surface area contributed by atoms with Gasteiger partial charge in [-0.05, 0) is 69.1 Å². The molecular formula is C24H24FN3O2. The van der Waals surface area contributed by atoms with Gasteiger partial charge in [0, 0.05) is 35.4 Å². The van der Waals surface area contributed by atoms with Gasteiger partial charge in [0.2, 0.25) is 5.43 Å². The Hall–Kier alpha value is -2.99. The molecule has 0 aliphatic carbocycles. The van der Waals surface area contributed by atoms with Crippen LogP contribution in [0.25, 0.3) is 16.6 Å². The number of nitrogens with one attached hydrogen (secondary N) is 1. The van der Waals surface area contributed by atoms with Crippen LogP contribution in [-0.4, -0.2) is 40.5 Å². The molecule has 1 N–H and O–H groups in total. The highest BCUT2D eigenvalue weighted by Gasteiger charge is 2.39. The molecule has 2 aliphatic heterocycles. The van der Waals surface area contributed by atoms with Crippen molar-refractivity contribution in [2.45, 2.75) is 43.8 Å². The highest BCUT2D eigenvalue weighted by atomic mass is 19.1. The number of amides is 1. The Morgan fingerprint density at radius 1 is 1.03 bits per heavy atom. The van der Waals surface area contributed by atoms with E-state index in [-0.39, 0.29) is 28.8 Å². The number of nitrogens with zero attached hydrogens (tertiary/aromatic N) is 2. The summed E-state index contributed by atoms with van der Waals surface area (Å²) in [7, 11) is 2.16. The number of hydrogen-bond donors (Lipinski definition) is 1. The second-order valence-corrected chi connectivity index (χ2v) is 8.43. The predicted molar refractivity (Wildman–Crippen MR) is 115 cm³/mol. The number of pyridine rings is 1. The molecule has 3 heterocycles. The molecule has 2 fully saturated rings. The van der Waals surface area contributed by atoms with E-state index in [0.29, 0.717) is 28.7 Å². The standard InChI is InChI=1S/C24H24FN3O2/c1-27-18-10-11-19(27)13-16(12-18)26-24(30)21-14-28(17-8-6-15(25)7-9-17)22-5-3-2-4-20(22)23(21)29/h2-9,14,16,18-19H,10-13H2,1H3,(H,26,30). The largest absolute Gasteiger partial charge is 0.349 e. The Morgan fingerprint density at radius 2 is 1.70 bits per heavy atom. The van der Waals surface area contributed by atoms with Crippen molar-refractivity contribution in [2.24, 2.45) is 0 Å². The molecule has 2 bridgehead atoms. The van der Waals surface area contributed by atoms with Crippen molar-refractivity contribution in [1.29, 1.82) is 0 Å². The van der Waals surface area contributed by atoms with Crippen LogP contribution in [0.15, 0.2) is 59.5 Å². The first kappa shape index (κ1) is 19.0. The number of halogens is 1. The molecule has 2 aromatic carbocycles. The maximum absolute atomic E-state index is 13.4. The van der Waals surface area contributed by atoms with Crippen molar-refractivity contribution in [3.63, 3.8) is 0 Å². The van der Waals surface area contributed by atoms with Crippen LogP contribution in [0, 0.1) is 5.82 Å². The second kappa shape index (κ2) is 7.36. The first-order chi connectivity index (χ1) is 14.5. The summed E-state index contributed by atoms with van der Waals surface area (Å²) in [5.74, 6) is -0.672. The fraction of sp³-hybridized carbons (Fsp3) is 0.333. The first-order valence-electron chi connectivity index (χ1n) is 10.4. The molecule has 5 nitrogen and oxygen atoms in total. The zero-order valence-corrected chi connectivity index (χ0v) is 16.8. The number of piperidine rings is 1. The highest BCUT2D eigenvalue weighted by Crippen LogP contribution is 2.34. The van der Waals surface area contributed by atoms with Gasteiger partial charge in [-0.2, -0.15) is 0 Å². The molecule has 0 radical (unpaired) electrons. The quantitative estimate of drug-likeness (QED) is 0.726. The normalized spacial score (nSPS) is 23.6. The SMILES string of the molecule is CN1C2CCC1CC(NC(=O)c1cn(-c3ccc(F)cc3)c3ccccc3c1=O)C2. The third-order valence-corrected chi connectivity index (χ3v) is 6.69. The van der Waals surface area contributed by atoms with Crippen molar-refractivity contribution >= 4 is 16.8 Å². The fourth-order valence-corrected chi connectivity index (χ4v) is 5.05. The monoisotopic (exact) mass is 405 g/mol. The average molecular weight is 405 g/mol. The van der Waals surface area contributed by atoms with Crippen molar-refractivity contribution in [1.82, 2.24) is 14.8 Å². The molecule has 1 aromatic heterocycles. The molecule has 6 heteroatoms. The van der Waals surface area contributed by atoms with Crippen LogP contribution in [0.5, 0.6) is 0 Å². The number of para-hydroxylation sites is 1. The molecule has 154 valence electrons. The van der Waals surface area contributed by atoms with Crippen LogP contribution in [0.2, 0.25) is 0 Å². The molecule has 0 saturated carbocycles. The lowest BCUT2D eigenvalue weighted by Crippen LogP contribution is -2.49. The van der Waals surface area contributed by atoms with Gasteiger partial charge < -0.3 is 14.8 Å². The van der Waals surface area contributed by atoms with Crippen molar-refractivity contribution < 1.29 is 9.18 Å². The Kier molecular flexibility index (Phi) is 4.66. The van der Waals surface area contributed by atoms with E-state index < -0.39 is 0 Å². The molecule has 2 aliphatic rings. The third kappa shape index (κ3) is 3.21. The minimum absolute atomic E-state index is 0.0799. The van der Waals surface area contributed by atoms with Crippen LogP contribution in [0.1, 0.15) is 36.0 Å². The summed E-state index contributed by atoms with van der Waals surface area (Å²) in [5.41, 5.74) is 1.21. The second-order valence-electron chi connectivity index (χ2n) is 8.43. The fourth-order valence-electron chi connectivity index (χ4n) is 5.05. The summed E-state index contributed by atoms with van der Waals surface area (Å²) in [6.45, 7) is 0. The summed E-state index contributed by atoms with van der Waals surface area (Å²) in [5, 5.41) is 3.58. The topological polar surface area (TPSA) is 54.3 Å². The van der Waals surface area contributed by atoms with E-state index in [9.17, 15) is 14.0 Å². The number of carbonyl (C=O) groups is 1. The van der Waals surface area contributed by atoms with E-state index in [4.69, 9.17) is 0 Å². The molecule has 30 heavy (non-hydrogen) atoms. The zero-order chi connectivity index (χ0) is 20.8. The lowest BCUT2D eigenvalue weighted by molar-refractivity contribution is 0.0881. The number of fused-ring (bicyclic) bond motifs is 3. The number of rotatable bonds is 3. The molecule has 1 amide bonds. The molecular weight excluding hydrogens is 381 g/mol. The number of aromatic nitrogens is 1. The Morgan fingerprint density at radius 3 is 2.40 bits per heavy atom. The Labute approximate surface area is 174 Å². The van der Waals surface area contributed by atoms with Gasteiger partial charge in [0.15, 0.2) is 0 Å². The molecule has 2 atom stereocenters. The summed E-state index contributed by atoms with van der Waals surface area (Å²) < 4.78 is 15.2. The van der Waals surface area contributed by atoms with E-state index >= 15 is 0 Å². The smallest absolute Gasteiger partial charge is 0.257 e. The maximum atomic E-state index is 13.4. The van der Waals surface area contributed by atoms with E-state index in [1.54, 1.807) is 35.0 Å². The van der Waals surface area contributed by atoms with Gasteiger partial charge in [0.05, 0.1) is 5.52 Å². The number of hydrogen-bond acceptors (Lipinski definition) is 3. The molecule has 3 aromatic rings. The van der Waals surface area contributed by atoms with Gasteiger partial charge in [0.1, 0.15) is 11.4 Å². The Balaban J connectivity index is 1.52. The van der Waals surface area contributed by atoms with E-state index in [1.807, 2.05) is 12.1 Å². The first-order valence-corrected chi connectivity index (χ1v) is 10.4. The molecule has 2 unspecified atom stereocenters. The van der Waals surface area contributed by atoms with Crippen LogP contribution in [0.3, 0.4) is 0 Å². The maximum Gasteiger partial charge on any atom is 0.257 e. The van der Waals surface area contributed by atoms with E-state index in [1.165, 1.54) is 25.0 Å². The summed E-state index contributed by atoms with van der Waals surface area (Å²) >= 11 is 0. The van der Waals surface area contributed by atoms with Gasteiger partial charge in [-0.15, -0.1) is 0 Å². The van der Waals surface area contributed by atoms with Gasteiger partial charge in [0.25, 0.3) is 5.91 Å². The zero-order valence-electron chi connectivity index (χ0n) is 16.8. The van der Waals surface area contributed by atoms with E-state index in [2.05, 4.69) is 17.3 Å². The average Bonchev–Trinajstić information content (AvgIpc) is 2.96. The van der Waals surface area contributed by atoms with Crippen LogP contribution in [0.4, 0.5) is 4.39 Å². The Bertz CT molecular complexity index is 1160. The van der Waals surface area contributed by atoms with Crippen LogP contribution >= 0.6 is 0 Å². The highest BCUT2D eigenvalue weighted by molar-refractivity contribution is 5.97. The van der Waals surface area contributed by atoms with Gasteiger partial charge >= 0.3 is 0 Å². The molecule has 2 saturated heterocycles. The van der Waals surface area contributed by atoms with Crippen LogP contribution < -0.4 is 10.7 Å². The number of benzene rings is 2. The van der Waals surface area contributed by atoms with E-state index in [0.717, 1.165) is 12.8 Å². The van der Waals surface area contributed by atoms with Crippen LogP contribution in [-0.2, 0) is 0 Å². The lowest BCUT2D eigenvalue weighted by atomic mass is 9.97. The minimum Gasteiger partial charge on any atom is -0.349 e. The predicted octanol–water partition coefficient (Wildman–Crippen LogP) is 3.48. The van der Waals surface area contributed by atoms with Crippen molar-refractivity contribution in [3.05, 3.63) is 76.3 Å². The van der Waals surface area contributed by atoms with Crippen molar-refractivity contribution in [2.75, 3.05) is 7.05 Å². The molecule has 0 spiro atoms. The third-order valence-electron chi connectivity index (χ3n) is 6.69. The summed E-state index contributed by atoms with van der Waals surface area (Å²) in [4.78, 5) is 28.6.